The second-order valence-electron chi connectivity index (χ2n) is 9.97. The number of fused-ring (bicyclic) bond motifs is 1. The van der Waals surface area contributed by atoms with Crippen LogP contribution in [-0.4, -0.2) is 49.2 Å². The van der Waals surface area contributed by atoms with Gasteiger partial charge >= 0.3 is 6.36 Å². The molecule has 3 fully saturated rings. The molecule has 1 saturated heterocycles. The van der Waals surface area contributed by atoms with E-state index in [-0.39, 0.29) is 41.2 Å². The quantitative estimate of drug-likeness (QED) is 0.391. The molecular formula is C27H28F3N3O4. The van der Waals surface area contributed by atoms with Crippen LogP contribution in [0.1, 0.15) is 41.6 Å². The van der Waals surface area contributed by atoms with Gasteiger partial charge in [0.2, 0.25) is 0 Å². The number of carbonyl (C=O) groups excluding carboxylic acids is 2. The lowest BCUT2D eigenvalue weighted by Gasteiger charge is -2.21. The number of anilines is 1. The Morgan fingerprint density at radius 1 is 1.11 bits per heavy atom. The molecule has 2 aromatic rings. The van der Waals surface area contributed by atoms with Crippen LogP contribution in [0.5, 0.6) is 5.75 Å². The molecule has 1 aromatic carbocycles. The number of aldehydes is 1. The number of aromatic nitrogens is 1. The third-order valence-electron chi connectivity index (χ3n) is 7.38. The highest BCUT2D eigenvalue weighted by Crippen LogP contribution is 2.41. The zero-order valence-electron chi connectivity index (χ0n) is 20.1. The van der Waals surface area contributed by atoms with Crippen LogP contribution < -0.4 is 15.4 Å². The first-order chi connectivity index (χ1) is 17.7. The third kappa shape index (κ3) is 5.79. The van der Waals surface area contributed by atoms with Crippen molar-refractivity contribution in [2.75, 3.05) is 24.6 Å². The lowest BCUT2D eigenvalue weighted by molar-refractivity contribution is -0.274. The highest BCUT2D eigenvalue weighted by atomic mass is 19.4. The zero-order chi connectivity index (χ0) is 26.2. The predicted octanol–water partition coefficient (Wildman–Crippen LogP) is 4.37. The van der Waals surface area contributed by atoms with Gasteiger partial charge in [0, 0.05) is 41.9 Å². The smallest absolute Gasteiger partial charge is 0.405 e. The number of nitrogens with zero attached hydrogens (tertiary/aromatic N) is 2. The number of para-hydroxylation sites is 1. The van der Waals surface area contributed by atoms with Crippen molar-refractivity contribution in [2.24, 2.45) is 23.5 Å². The van der Waals surface area contributed by atoms with Crippen molar-refractivity contribution in [2.45, 2.75) is 38.1 Å². The maximum Gasteiger partial charge on any atom is 0.573 e. The van der Waals surface area contributed by atoms with Crippen molar-refractivity contribution >= 4 is 23.6 Å². The summed E-state index contributed by atoms with van der Waals surface area (Å²) >= 11 is 0. The molecular weight excluding hydrogens is 487 g/mol. The van der Waals surface area contributed by atoms with Crippen molar-refractivity contribution in [3.05, 3.63) is 59.3 Å². The fourth-order valence-electron chi connectivity index (χ4n) is 5.36. The molecule has 3 aliphatic rings. The first kappa shape index (κ1) is 25.3. The molecule has 7 nitrogen and oxygen atoms in total. The van der Waals surface area contributed by atoms with Crippen LogP contribution in [0.3, 0.4) is 0 Å². The number of ether oxygens (including phenoxy) is 2. The van der Waals surface area contributed by atoms with E-state index in [1.807, 2.05) is 6.07 Å². The topological polar surface area (TPSA) is 94.8 Å². The molecule has 1 aliphatic heterocycles. The molecule has 37 heavy (non-hydrogen) atoms. The van der Waals surface area contributed by atoms with Gasteiger partial charge in [-0.05, 0) is 61.8 Å². The SMILES string of the molecule is NC(=C(COC1CC2CN(c3ccc(C=O)cn3)C[C@@H]2C1)C(=O)C1CC1)c1ccccc1OC(F)(F)F. The molecule has 0 radical (unpaired) electrons. The molecule has 0 bridgehead atoms. The van der Waals surface area contributed by atoms with Crippen molar-refractivity contribution in [3.8, 4) is 5.75 Å². The summed E-state index contributed by atoms with van der Waals surface area (Å²) < 4.78 is 49.1. The molecule has 0 amide bonds. The van der Waals surface area contributed by atoms with Crippen molar-refractivity contribution in [1.82, 2.24) is 4.98 Å². The molecule has 1 aromatic heterocycles. The summed E-state index contributed by atoms with van der Waals surface area (Å²) in [5.74, 6) is 0.866. The van der Waals surface area contributed by atoms with E-state index in [0.717, 1.165) is 50.9 Å². The largest absolute Gasteiger partial charge is 0.573 e. The Kier molecular flexibility index (Phi) is 6.94. The Morgan fingerprint density at radius 2 is 1.81 bits per heavy atom. The molecule has 2 saturated carbocycles. The van der Waals surface area contributed by atoms with E-state index >= 15 is 0 Å². The molecule has 2 heterocycles. The van der Waals surface area contributed by atoms with Crippen LogP contribution in [0.15, 0.2) is 48.2 Å². The first-order valence-electron chi connectivity index (χ1n) is 12.4. The highest BCUT2D eigenvalue weighted by Gasteiger charge is 2.42. The van der Waals surface area contributed by atoms with E-state index in [2.05, 4.69) is 14.6 Å². The Labute approximate surface area is 212 Å². The number of carbonyl (C=O) groups is 2. The molecule has 3 atom stereocenters. The van der Waals surface area contributed by atoms with Crippen molar-refractivity contribution < 1.29 is 32.2 Å². The number of alkyl halides is 3. The summed E-state index contributed by atoms with van der Waals surface area (Å²) in [6.07, 6.45) is 0.480. The normalized spacial score (nSPS) is 24.0. The van der Waals surface area contributed by atoms with Gasteiger partial charge in [-0.15, -0.1) is 13.2 Å². The van der Waals surface area contributed by atoms with Crippen LogP contribution in [0.2, 0.25) is 0 Å². The number of pyridine rings is 1. The number of Topliss-reactive ketones (excluding diaryl/α,β-unsaturated/α-hetero) is 1. The second-order valence-corrected chi connectivity index (χ2v) is 9.97. The fourth-order valence-corrected chi connectivity index (χ4v) is 5.36. The van der Waals surface area contributed by atoms with Gasteiger partial charge < -0.3 is 20.1 Å². The number of rotatable bonds is 9. The lowest BCUT2D eigenvalue weighted by Crippen LogP contribution is -2.25. The molecule has 0 spiro atoms. The van der Waals surface area contributed by atoms with Gasteiger partial charge in [-0.2, -0.15) is 0 Å². The van der Waals surface area contributed by atoms with Gasteiger partial charge in [0.15, 0.2) is 12.1 Å². The Morgan fingerprint density at radius 3 is 2.41 bits per heavy atom. The zero-order valence-corrected chi connectivity index (χ0v) is 20.1. The lowest BCUT2D eigenvalue weighted by atomic mass is 10.0. The van der Waals surface area contributed by atoms with Gasteiger partial charge in [0.05, 0.1) is 18.4 Å². The molecule has 2 unspecified atom stereocenters. The molecule has 5 rings (SSSR count). The van der Waals surface area contributed by atoms with E-state index < -0.39 is 12.1 Å². The monoisotopic (exact) mass is 515 g/mol. The summed E-state index contributed by atoms with van der Waals surface area (Å²) in [6.45, 7) is 1.60. The number of benzene rings is 1. The van der Waals surface area contributed by atoms with Crippen LogP contribution in [0.4, 0.5) is 19.0 Å². The maximum atomic E-state index is 13.0. The minimum atomic E-state index is -4.88. The summed E-state index contributed by atoms with van der Waals surface area (Å²) in [5.41, 5.74) is 7.04. The number of hydrogen-bond acceptors (Lipinski definition) is 7. The first-order valence-corrected chi connectivity index (χ1v) is 12.4. The minimum absolute atomic E-state index is 0.0273. The molecule has 2 N–H and O–H groups in total. The number of ketones is 1. The Bertz CT molecular complexity index is 1180. The fraction of sp³-hybridized carbons (Fsp3) is 0.444. The Balaban J connectivity index is 1.26. The van der Waals surface area contributed by atoms with E-state index in [1.54, 1.807) is 18.3 Å². The summed E-state index contributed by atoms with van der Waals surface area (Å²) in [4.78, 5) is 30.5. The van der Waals surface area contributed by atoms with Gasteiger partial charge in [-0.1, -0.05) is 12.1 Å². The Hall–Kier alpha value is -3.40. The summed E-state index contributed by atoms with van der Waals surface area (Å²) in [7, 11) is 0. The minimum Gasteiger partial charge on any atom is -0.405 e. The number of hydrogen-bond donors (Lipinski definition) is 1. The average Bonchev–Trinajstić information content (AvgIpc) is 3.54. The molecule has 196 valence electrons. The van der Waals surface area contributed by atoms with E-state index in [9.17, 15) is 22.8 Å². The van der Waals surface area contributed by atoms with Crippen LogP contribution in [0, 0.1) is 17.8 Å². The van der Waals surface area contributed by atoms with E-state index in [0.29, 0.717) is 17.4 Å². The van der Waals surface area contributed by atoms with E-state index in [1.165, 1.54) is 18.2 Å². The van der Waals surface area contributed by atoms with Crippen LogP contribution >= 0.6 is 0 Å². The second kappa shape index (κ2) is 10.2. The predicted molar refractivity (Wildman–Crippen MR) is 130 cm³/mol. The van der Waals surface area contributed by atoms with Crippen LogP contribution in [-0.2, 0) is 9.53 Å². The van der Waals surface area contributed by atoms with Gasteiger partial charge in [-0.25, -0.2) is 4.98 Å². The highest BCUT2D eigenvalue weighted by molar-refractivity contribution is 6.05. The van der Waals surface area contributed by atoms with Gasteiger partial charge in [-0.3, -0.25) is 9.59 Å². The summed E-state index contributed by atoms with van der Waals surface area (Å²) in [5, 5.41) is 0. The number of nitrogens with two attached hydrogens (primary N) is 1. The summed E-state index contributed by atoms with van der Waals surface area (Å²) in [6, 6.07) is 9.17. The maximum absolute atomic E-state index is 13.0. The van der Waals surface area contributed by atoms with Crippen molar-refractivity contribution in [1.29, 1.82) is 0 Å². The third-order valence-corrected chi connectivity index (χ3v) is 7.38. The van der Waals surface area contributed by atoms with Gasteiger partial charge in [0.1, 0.15) is 11.6 Å². The standard InChI is InChI=1S/C27H28F3N3O4/c28-27(29,30)37-23-4-2-1-3-21(23)25(31)22(26(35)17-6-7-17)15-36-20-9-18-12-33(13-19(18)10-20)24-8-5-16(14-34)11-32-24/h1-5,8,11,14,17-20H,6-7,9-10,12-13,15,31H2/t18-,19?,20?/m0/s1. The van der Waals surface area contributed by atoms with E-state index in [4.69, 9.17) is 10.5 Å². The molecule has 10 heteroatoms. The van der Waals surface area contributed by atoms with Gasteiger partial charge in [0.25, 0.3) is 0 Å². The average molecular weight is 516 g/mol. The molecule has 2 aliphatic carbocycles. The number of halogens is 3. The van der Waals surface area contributed by atoms with Crippen LogP contribution in [0.25, 0.3) is 5.70 Å². The van der Waals surface area contributed by atoms with Crippen molar-refractivity contribution in [3.63, 3.8) is 0 Å².